The Kier molecular flexibility index (Phi) is 6.22. The Morgan fingerprint density at radius 1 is 1.33 bits per heavy atom. The number of aliphatic hydroxyl groups is 1. The molecule has 1 aromatic rings. The number of carbonyl (C=O) groups is 1. The van der Waals surface area contributed by atoms with Crippen LogP contribution in [0.3, 0.4) is 0 Å². The van der Waals surface area contributed by atoms with E-state index in [-0.39, 0.29) is 38.5 Å². The summed E-state index contributed by atoms with van der Waals surface area (Å²) in [7, 11) is 0. The van der Waals surface area contributed by atoms with Crippen LogP contribution < -0.4 is 0 Å². The van der Waals surface area contributed by atoms with Crippen molar-refractivity contribution in [1.29, 1.82) is 0 Å². The van der Waals surface area contributed by atoms with Gasteiger partial charge in [-0.15, -0.1) is 0 Å². The van der Waals surface area contributed by atoms with Gasteiger partial charge in [-0.25, -0.2) is 0 Å². The number of hydrogen-bond acceptors (Lipinski definition) is 6. The molecular weight excluding hydrogens is 280 g/mol. The maximum atomic E-state index is 12.5. The summed E-state index contributed by atoms with van der Waals surface area (Å²) < 4.78 is 3.98. The van der Waals surface area contributed by atoms with Crippen LogP contribution in [0.15, 0.2) is 24.3 Å². The lowest BCUT2D eigenvalue weighted by molar-refractivity contribution is -0.894. The third-order valence-electron chi connectivity index (χ3n) is 2.93. The minimum atomic E-state index is -0.762. The summed E-state index contributed by atoms with van der Waals surface area (Å²) >= 11 is 0. The molecule has 0 radical (unpaired) electrons. The summed E-state index contributed by atoms with van der Waals surface area (Å²) in [6.45, 7) is 0.930. The summed E-state index contributed by atoms with van der Waals surface area (Å²) in [5, 5.41) is 32.1. The van der Waals surface area contributed by atoms with Gasteiger partial charge in [0.05, 0.1) is 11.5 Å². The molecule has 1 aromatic carbocycles. The zero-order chi connectivity index (χ0) is 15.9. The fraction of sp³-hybridized carbons (Fsp3) is 0.462. The molecular formula is C13H18N2O6. The second-order valence-electron chi connectivity index (χ2n) is 4.65. The monoisotopic (exact) mass is 298 g/mol. The molecule has 0 aliphatic carbocycles. The van der Waals surface area contributed by atoms with Crippen molar-refractivity contribution in [1.82, 2.24) is 0 Å². The van der Waals surface area contributed by atoms with Crippen molar-refractivity contribution < 1.29 is 24.2 Å². The number of quaternary nitrogens is 1. The van der Waals surface area contributed by atoms with E-state index in [1.165, 1.54) is 31.2 Å². The van der Waals surface area contributed by atoms with E-state index in [0.717, 1.165) is 0 Å². The minimum absolute atomic E-state index is 0.0110. The lowest BCUT2D eigenvalue weighted by Crippen LogP contribution is -2.46. The van der Waals surface area contributed by atoms with Crippen LogP contribution in [0, 0.1) is 15.3 Å². The fourth-order valence-electron chi connectivity index (χ4n) is 1.86. The number of carbonyl (C=O) groups excluding carboxylic acids is 1. The SMILES string of the molecule is CC(=O)OCC[N+]([O-])(CCO)Cc1ccc([N+](=O)[O-])cc1. The molecule has 21 heavy (non-hydrogen) atoms. The van der Waals surface area contributed by atoms with Crippen molar-refractivity contribution in [2.75, 3.05) is 26.3 Å². The first-order valence-corrected chi connectivity index (χ1v) is 6.41. The molecule has 116 valence electrons. The molecule has 0 aliphatic heterocycles. The summed E-state index contributed by atoms with van der Waals surface area (Å²) in [6.07, 6.45) is 0. The third kappa shape index (κ3) is 5.86. The Hall–Kier alpha value is -2.03. The highest BCUT2D eigenvalue weighted by Gasteiger charge is 2.18. The maximum Gasteiger partial charge on any atom is 0.302 e. The van der Waals surface area contributed by atoms with Gasteiger partial charge >= 0.3 is 5.97 Å². The Bertz CT molecular complexity index is 490. The molecule has 1 unspecified atom stereocenters. The molecule has 8 heteroatoms. The highest BCUT2D eigenvalue weighted by molar-refractivity contribution is 5.65. The van der Waals surface area contributed by atoms with E-state index in [1.807, 2.05) is 0 Å². The lowest BCUT2D eigenvalue weighted by atomic mass is 10.2. The highest BCUT2D eigenvalue weighted by Crippen LogP contribution is 2.17. The second-order valence-corrected chi connectivity index (χ2v) is 4.65. The quantitative estimate of drug-likeness (QED) is 0.331. The average Bonchev–Trinajstić information content (AvgIpc) is 2.38. The number of non-ortho nitro benzene ring substituents is 1. The van der Waals surface area contributed by atoms with E-state index < -0.39 is 15.5 Å². The standard InChI is InChI=1S/C13H18N2O6/c1-11(17)21-9-7-15(20,6-8-16)10-12-2-4-13(5-3-12)14(18)19/h2-5,16H,6-10H2,1H3. The van der Waals surface area contributed by atoms with Gasteiger partial charge in [-0.1, -0.05) is 0 Å². The number of esters is 1. The largest absolute Gasteiger partial charge is 0.632 e. The molecule has 0 aliphatic rings. The Morgan fingerprint density at radius 2 is 1.95 bits per heavy atom. The van der Waals surface area contributed by atoms with E-state index in [4.69, 9.17) is 9.84 Å². The molecule has 1 atom stereocenters. The van der Waals surface area contributed by atoms with Crippen LogP contribution >= 0.6 is 0 Å². The third-order valence-corrected chi connectivity index (χ3v) is 2.93. The zero-order valence-corrected chi connectivity index (χ0v) is 11.7. The Labute approximate surface area is 121 Å². The van der Waals surface area contributed by atoms with E-state index >= 15 is 0 Å². The molecule has 0 amide bonds. The molecule has 0 saturated carbocycles. The molecule has 0 aromatic heterocycles. The second kappa shape index (κ2) is 7.67. The molecule has 8 nitrogen and oxygen atoms in total. The predicted molar refractivity (Wildman–Crippen MR) is 73.9 cm³/mol. The van der Waals surface area contributed by atoms with Crippen molar-refractivity contribution in [3.8, 4) is 0 Å². The first-order valence-electron chi connectivity index (χ1n) is 6.41. The first kappa shape index (κ1) is 17.0. The zero-order valence-electron chi connectivity index (χ0n) is 11.7. The molecule has 1 rings (SSSR count). The van der Waals surface area contributed by atoms with Crippen molar-refractivity contribution in [2.45, 2.75) is 13.5 Å². The van der Waals surface area contributed by atoms with E-state index in [2.05, 4.69) is 0 Å². The van der Waals surface area contributed by atoms with E-state index in [1.54, 1.807) is 0 Å². The highest BCUT2D eigenvalue weighted by atomic mass is 16.6. The van der Waals surface area contributed by atoms with Gasteiger partial charge in [-0.05, 0) is 12.1 Å². The molecule has 1 N–H and O–H groups in total. The van der Waals surface area contributed by atoms with Crippen molar-refractivity contribution in [2.24, 2.45) is 0 Å². The average molecular weight is 298 g/mol. The van der Waals surface area contributed by atoms with Crippen molar-refractivity contribution >= 4 is 11.7 Å². The Morgan fingerprint density at radius 3 is 2.43 bits per heavy atom. The first-order chi connectivity index (χ1) is 9.86. The van der Waals surface area contributed by atoms with Gasteiger partial charge in [0.2, 0.25) is 0 Å². The molecule has 0 bridgehead atoms. The number of ether oxygens (including phenoxy) is 1. The molecule has 0 heterocycles. The summed E-state index contributed by atoms with van der Waals surface area (Å²) in [5.74, 6) is -0.471. The summed E-state index contributed by atoms with van der Waals surface area (Å²) in [4.78, 5) is 20.7. The number of benzene rings is 1. The fourth-order valence-corrected chi connectivity index (χ4v) is 1.86. The number of nitro benzene ring substituents is 1. The normalized spacial score (nSPS) is 13.5. The van der Waals surface area contributed by atoms with Crippen molar-refractivity contribution in [3.05, 3.63) is 45.2 Å². The smallest absolute Gasteiger partial charge is 0.302 e. The van der Waals surface area contributed by atoms with Gasteiger partial charge < -0.3 is 19.7 Å². The topological polar surface area (TPSA) is 113 Å². The maximum absolute atomic E-state index is 12.5. The number of nitrogens with zero attached hydrogens (tertiary/aromatic N) is 2. The minimum Gasteiger partial charge on any atom is -0.632 e. The number of hydroxylamine groups is 3. The molecule has 0 spiro atoms. The van der Waals surface area contributed by atoms with E-state index in [0.29, 0.717) is 5.56 Å². The number of aliphatic hydroxyl groups excluding tert-OH is 1. The molecule has 0 fully saturated rings. The number of nitro groups is 1. The van der Waals surface area contributed by atoms with Crippen molar-refractivity contribution in [3.63, 3.8) is 0 Å². The van der Waals surface area contributed by atoms with Crippen LogP contribution in [0.4, 0.5) is 5.69 Å². The van der Waals surface area contributed by atoms with Crippen LogP contribution in [0.2, 0.25) is 0 Å². The van der Waals surface area contributed by atoms with Gasteiger partial charge in [0.15, 0.2) is 0 Å². The number of hydrogen-bond donors (Lipinski definition) is 1. The summed E-state index contributed by atoms with van der Waals surface area (Å²) in [5.41, 5.74) is 0.566. The number of rotatable bonds is 8. The van der Waals surface area contributed by atoms with Gasteiger partial charge in [-0.2, -0.15) is 0 Å². The van der Waals surface area contributed by atoms with Gasteiger partial charge in [0, 0.05) is 24.6 Å². The van der Waals surface area contributed by atoms with Gasteiger partial charge in [-0.3, -0.25) is 14.9 Å². The van der Waals surface area contributed by atoms with Gasteiger partial charge in [0.25, 0.3) is 5.69 Å². The lowest BCUT2D eigenvalue weighted by Gasteiger charge is -2.42. The van der Waals surface area contributed by atoms with Crippen LogP contribution in [-0.2, 0) is 16.1 Å². The predicted octanol–water partition coefficient (Wildman–Crippen LogP) is 0.965. The van der Waals surface area contributed by atoms with Crippen LogP contribution in [0.1, 0.15) is 12.5 Å². The van der Waals surface area contributed by atoms with E-state index in [9.17, 15) is 20.1 Å². The molecule has 0 saturated heterocycles. The van der Waals surface area contributed by atoms with Crippen LogP contribution in [0.5, 0.6) is 0 Å². The Balaban J connectivity index is 2.71. The van der Waals surface area contributed by atoms with Crippen LogP contribution in [-0.4, -0.2) is 46.9 Å². The van der Waals surface area contributed by atoms with Crippen LogP contribution in [0.25, 0.3) is 0 Å². The summed E-state index contributed by atoms with van der Waals surface area (Å²) in [6, 6.07) is 5.66. The van der Waals surface area contributed by atoms with Gasteiger partial charge in [0.1, 0.15) is 26.2 Å².